The Hall–Kier alpha value is -3.54. The van der Waals surface area contributed by atoms with Gasteiger partial charge in [-0.2, -0.15) is 0 Å². The molecular formula is C29H26F2N2O2. The third-order valence-corrected chi connectivity index (χ3v) is 7.83. The van der Waals surface area contributed by atoms with Crippen LogP contribution in [0.5, 0.6) is 0 Å². The number of carbonyl (C=O) groups is 2. The maximum atomic E-state index is 14.5. The molecule has 0 atom stereocenters. The summed E-state index contributed by atoms with van der Waals surface area (Å²) in [6.45, 7) is 2.44. The maximum Gasteiger partial charge on any atom is 0.254 e. The van der Waals surface area contributed by atoms with Crippen LogP contribution in [0.4, 0.5) is 14.5 Å². The standard InChI is InChI=1S/C29H26F2N2O2/c1-18(34)19-5-7-21(8-6-19)29(13-14-29)32-27(35)23-3-2-4-24-26(23)33(17-28(24)11-12-28)16-20-15-22(30)9-10-25(20)31/h2-10,15H,11-14,16-17H2,1H3,(H,32,35). The van der Waals surface area contributed by atoms with Gasteiger partial charge in [0.15, 0.2) is 5.78 Å². The predicted molar refractivity (Wildman–Crippen MR) is 130 cm³/mol. The van der Waals surface area contributed by atoms with E-state index in [-0.39, 0.29) is 29.2 Å². The summed E-state index contributed by atoms with van der Waals surface area (Å²) in [6, 6.07) is 16.7. The van der Waals surface area contributed by atoms with Crippen LogP contribution in [0.3, 0.4) is 0 Å². The topological polar surface area (TPSA) is 49.4 Å². The van der Waals surface area contributed by atoms with Crippen LogP contribution in [0.25, 0.3) is 0 Å². The quantitative estimate of drug-likeness (QED) is 0.473. The first kappa shape index (κ1) is 22.0. The molecule has 0 saturated heterocycles. The minimum Gasteiger partial charge on any atom is -0.365 e. The fraction of sp³-hybridized carbons (Fsp3) is 0.310. The Labute approximate surface area is 203 Å². The summed E-state index contributed by atoms with van der Waals surface area (Å²) in [5, 5.41) is 3.25. The Bertz CT molecular complexity index is 1360. The molecule has 6 rings (SSSR count). The lowest BCUT2D eigenvalue weighted by molar-refractivity contribution is 0.0930. The zero-order chi connectivity index (χ0) is 24.4. The van der Waals surface area contributed by atoms with Crippen LogP contribution in [0.15, 0.2) is 60.7 Å². The number of amides is 1. The molecule has 35 heavy (non-hydrogen) atoms. The molecule has 178 valence electrons. The lowest BCUT2D eigenvalue weighted by Gasteiger charge is -2.24. The summed E-state index contributed by atoms with van der Waals surface area (Å²) < 4.78 is 28.3. The SMILES string of the molecule is CC(=O)c1ccc(C2(NC(=O)c3cccc4c3N(Cc3cc(F)ccc3F)CC43CC3)CC2)cc1. The van der Waals surface area contributed by atoms with Crippen LogP contribution in [0.1, 0.15) is 70.0 Å². The van der Waals surface area contributed by atoms with E-state index >= 15 is 0 Å². The van der Waals surface area contributed by atoms with E-state index in [1.165, 1.54) is 13.0 Å². The van der Waals surface area contributed by atoms with E-state index in [1.54, 1.807) is 12.1 Å². The van der Waals surface area contributed by atoms with Crippen molar-refractivity contribution in [1.82, 2.24) is 5.32 Å². The first-order valence-corrected chi connectivity index (χ1v) is 12.1. The van der Waals surface area contributed by atoms with Crippen LogP contribution in [-0.2, 0) is 17.5 Å². The number of Topliss-reactive ketones (excluding diaryl/α,β-unsaturated/α-hetero) is 1. The van der Waals surface area contributed by atoms with Gasteiger partial charge in [-0.25, -0.2) is 8.78 Å². The molecule has 3 aromatic carbocycles. The number of halogens is 2. The number of nitrogens with one attached hydrogen (secondary N) is 1. The molecule has 0 unspecified atom stereocenters. The molecule has 1 heterocycles. The highest BCUT2D eigenvalue weighted by Gasteiger charge is 2.53. The van der Waals surface area contributed by atoms with Crippen LogP contribution < -0.4 is 10.2 Å². The average molecular weight is 473 g/mol. The number of benzene rings is 3. The van der Waals surface area contributed by atoms with E-state index in [1.807, 2.05) is 29.2 Å². The zero-order valence-electron chi connectivity index (χ0n) is 19.5. The highest BCUT2D eigenvalue weighted by molar-refractivity contribution is 6.02. The number of ketones is 1. The van der Waals surface area contributed by atoms with Gasteiger partial charge in [0, 0.05) is 29.6 Å². The van der Waals surface area contributed by atoms with Gasteiger partial charge in [0.2, 0.25) is 0 Å². The van der Waals surface area contributed by atoms with E-state index < -0.39 is 17.2 Å². The number of carbonyl (C=O) groups excluding carboxylic acids is 2. The second kappa shape index (κ2) is 7.74. The number of anilines is 1. The van der Waals surface area contributed by atoms with Crippen LogP contribution >= 0.6 is 0 Å². The predicted octanol–water partition coefficient (Wildman–Crippen LogP) is 5.64. The monoisotopic (exact) mass is 472 g/mol. The van der Waals surface area contributed by atoms with Crippen molar-refractivity contribution in [2.75, 3.05) is 11.4 Å². The Morgan fingerprint density at radius 3 is 2.37 bits per heavy atom. The Kier molecular flexibility index (Phi) is 4.85. The summed E-state index contributed by atoms with van der Waals surface area (Å²) >= 11 is 0. The van der Waals surface area contributed by atoms with Crippen molar-refractivity contribution in [3.8, 4) is 0 Å². The molecule has 3 aromatic rings. The number of hydrogen-bond donors (Lipinski definition) is 1. The minimum atomic E-state index is -0.473. The Morgan fingerprint density at radius 2 is 1.71 bits per heavy atom. The van der Waals surface area contributed by atoms with Gasteiger partial charge in [0.25, 0.3) is 5.91 Å². The van der Waals surface area contributed by atoms with Gasteiger partial charge in [-0.1, -0.05) is 36.4 Å². The van der Waals surface area contributed by atoms with Crippen LogP contribution in [0, 0.1) is 11.6 Å². The Balaban J connectivity index is 1.32. The highest BCUT2D eigenvalue weighted by Crippen LogP contribution is 2.57. The summed E-state index contributed by atoms with van der Waals surface area (Å²) in [6.07, 6.45) is 3.71. The molecule has 2 aliphatic carbocycles. The van der Waals surface area contributed by atoms with Gasteiger partial charge in [0.05, 0.1) is 16.8 Å². The van der Waals surface area contributed by atoms with Crippen molar-refractivity contribution < 1.29 is 18.4 Å². The molecule has 4 nitrogen and oxygen atoms in total. The molecule has 6 heteroatoms. The second-order valence-electron chi connectivity index (χ2n) is 10.2. The number of rotatable bonds is 6. The number of hydrogen-bond acceptors (Lipinski definition) is 3. The van der Waals surface area contributed by atoms with E-state index in [4.69, 9.17) is 0 Å². The average Bonchev–Trinajstić information content (AvgIpc) is 3.76. The molecule has 0 aromatic heterocycles. The van der Waals surface area contributed by atoms with Gasteiger partial charge >= 0.3 is 0 Å². The van der Waals surface area contributed by atoms with Crippen LogP contribution in [0.2, 0.25) is 0 Å². The van der Waals surface area contributed by atoms with Crippen molar-refractivity contribution in [1.29, 1.82) is 0 Å². The first-order chi connectivity index (χ1) is 16.8. The fourth-order valence-corrected chi connectivity index (χ4v) is 5.53. The van der Waals surface area contributed by atoms with Crippen molar-refractivity contribution in [2.45, 2.75) is 50.1 Å². The third kappa shape index (κ3) is 3.72. The molecule has 1 N–H and O–H groups in total. The van der Waals surface area contributed by atoms with Crippen molar-refractivity contribution >= 4 is 17.4 Å². The normalized spacial score (nSPS) is 18.3. The summed E-state index contributed by atoms with van der Waals surface area (Å²) in [5.41, 5.74) is 3.99. The molecule has 0 radical (unpaired) electrons. The maximum absolute atomic E-state index is 14.5. The lowest BCUT2D eigenvalue weighted by atomic mass is 9.96. The van der Waals surface area contributed by atoms with Crippen molar-refractivity contribution in [2.24, 2.45) is 0 Å². The van der Waals surface area contributed by atoms with E-state index in [2.05, 4.69) is 11.4 Å². The lowest BCUT2D eigenvalue weighted by Crippen LogP contribution is -2.36. The van der Waals surface area contributed by atoms with Gasteiger partial charge < -0.3 is 10.2 Å². The molecular weight excluding hydrogens is 446 g/mol. The van der Waals surface area contributed by atoms with Gasteiger partial charge in [-0.05, 0) is 68.0 Å². The minimum absolute atomic E-state index is 0.00475. The third-order valence-electron chi connectivity index (χ3n) is 7.83. The van der Waals surface area contributed by atoms with Gasteiger partial charge in [0.1, 0.15) is 11.6 Å². The summed E-state index contributed by atoms with van der Waals surface area (Å²) in [5.74, 6) is -1.08. The summed E-state index contributed by atoms with van der Waals surface area (Å²) in [7, 11) is 0. The number of fused-ring (bicyclic) bond motifs is 2. The molecule has 2 saturated carbocycles. The molecule has 1 spiro atoms. The first-order valence-electron chi connectivity index (χ1n) is 12.1. The highest BCUT2D eigenvalue weighted by atomic mass is 19.1. The Morgan fingerprint density at radius 1 is 0.971 bits per heavy atom. The fourth-order valence-electron chi connectivity index (χ4n) is 5.53. The largest absolute Gasteiger partial charge is 0.365 e. The van der Waals surface area contributed by atoms with Crippen molar-refractivity contribution in [3.05, 3.63) is 100 Å². The smallest absolute Gasteiger partial charge is 0.254 e. The van der Waals surface area contributed by atoms with E-state index in [0.717, 1.165) is 54.6 Å². The second-order valence-corrected chi connectivity index (χ2v) is 10.2. The molecule has 0 bridgehead atoms. The number of para-hydroxylation sites is 1. The van der Waals surface area contributed by atoms with Gasteiger partial charge in [-0.3, -0.25) is 9.59 Å². The molecule has 2 fully saturated rings. The van der Waals surface area contributed by atoms with Crippen molar-refractivity contribution in [3.63, 3.8) is 0 Å². The van der Waals surface area contributed by atoms with Gasteiger partial charge in [-0.15, -0.1) is 0 Å². The zero-order valence-corrected chi connectivity index (χ0v) is 19.5. The van der Waals surface area contributed by atoms with Crippen LogP contribution in [-0.4, -0.2) is 18.2 Å². The molecule has 1 aliphatic heterocycles. The van der Waals surface area contributed by atoms with E-state index in [0.29, 0.717) is 17.7 Å². The molecule has 3 aliphatic rings. The number of nitrogens with zero attached hydrogens (tertiary/aromatic N) is 1. The molecule has 1 amide bonds. The summed E-state index contributed by atoms with van der Waals surface area (Å²) in [4.78, 5) is 27.3. The van der Waals surface area contributed by atoms with E-state index in [9.17, 15) is 18.4 Å².